The van der Waals surface area contributed by atoms with E-state index in [4.69, 9.17) is 9.05 Å². The molecule has 0 radical (unpaired) electrons. The zero-order valence-corrected chi connectivity index (χ0v) is 38.3. The number of likely N-dealkylation sites (N-methyl/N-ethyl adjacent to an activating group) is 1. The van der Waals surface area contributed by atoms with Crippen LogP contribution in [-0.2, 0) is 18.4 Å². The molecule has 55 heavy (non-hydrogen) atoms. The molecule has 0 bridgehead atoms. The van der Waals surface area contributed by atoms with Crippen LogP contribution >= 0.6 is 7.82 Å². The third-order valence-corrected chi connectivity index (χ3v) is 12.1. The summed E-state index contributed by atoms with van der Waals surface area (Å²) in [5.74, 6) is -0.162. The van der Waals surface area contributed by atoms with Crippen molar-refractivity contribution >= 4 is 13.7 Å². The van der Waals surface area contributed by atoms with Crippen molar-refractivity contribution in [3.05, 3.63) is 0 Å². The van der Waals surface area contributed by atoms with Gasteiger partial charge in [0.2, 0.25) is 5.91 Å². The van der Waals surface area contributed by atoms with Crippen molar-refractivity contribution < 1.29 is 32.9 Å². The lowest BCUT2D eigenvalue weighted by molar-refractivity contribution is -0.870. The van der Waals surface area contributed by atoms with Gasteiger partial charge in [0.05, 0.1) is 39.9 Å². The molecule has 0 aromatic heterocycles. The summed E-state index contributed by atoms with van der Waals surface area (Å²) < 4.78 is 23.2. The second-order valence-electron chi connectivity index (χ2n) is 17.8. The third kappa shape index (κ3) is 41.5. The average Bonchev–Trinajstić information content (AvgIpc) is 3.13. The molecule has 9 heteroatoms. The predicted octanol–water partition coefficient (Wildman–Crippen LogP) is 12.7. The van der Waals surface area contributed by atoms with E-state index in [0.29, 0.717) is 23.9 Å². The van der Waals surface area contributed by atoms with Crippen molar-refractivity contribution in [2.24, 2.45) is 0 Å². The maximum Gasteiger partial charge on any atom is 0.268 e. The summed E-state index contributed by atoms with van der Waals surface area (Å²) in [6.45, 7) is 4.72. The Hall–Kier alpha value is -0.500. The number of carbonyl (C=O) groups is 1. The molecule has 2 N–H and O–H groups in total. The maximum absolute atomic E-state index is 12.9. The van der Waals surface area contributed by atoms with E-state index < -0.39 is 20.0 Å². The fourth-order valence-corrected chi connectivity index (χ4v) is 8.00. The summed E-state index contributed by atoms with van der Waals surface area (Å²) in [5.41, 5.74) is 0. The van der Waals surface area contributed by atoms with Gasteiger partial charge in [-0.2, -0.15) is 0 Å². The van der Waals surface area contributed by atoms with Crippen molar-refractivity contribution in [1.29, 1.82) is 0 Å². The van der Waals surface area contributed by atoms with Crippen molar-refractivity contribution in [3.8, 4) is 0 Å². The van der Waals surface area contributed by atoms with Crippen LogP contribution in [0.5, 0.6) is 0 Å². The molecule has 0 aromatic carbocycles. The van der Waals surface area contributed by atoms with Gasteiger partial charge in [-0.05, 0) is 12.8 Å². The van der Waals surface area contributed by atoms with Crippen LogP contribution in [0.4, 0.5) is 0 Å². The van der Waals surface area contributed by atoms with Gasteiger partial charge in [-0.15, -0.1) is 0 Å². The van der Waals surface area contributed by atoms with E-state index in [2.05, 4.69) is 19.2 Å². The first-order valence-corrected chi connectivity index (χ1v) is 25.3. The van der Waals surface area contributed by atoms with E-state index in [1.54, 1.807) is 0 Å². The smallest absolute Gasteiger partial charge is 0.268 e. The number of hydrogen-bond acceptors (Lipinski definition) is 6. The number of aliphatic hydroxyl groups excluding tert-OH is 1. The Labute approximate surface area is 342 Å². The molecule has 0 aromatic rings. The standard InChI is InChI=1S/C46H95N2O6P/c1-6-8-10-12-14-16-17-18-19-20-21-22-23-24-25-26-27-28-29-30-32-34-36-38-40-46(50)47-44(43-54-55(51,52)53-42-41-48(3,4)5)45(49)39-37-35-33-31-15-13-11-9-7-2/h44-45,49H,6-43H2,1-5H3,(H-,47,50,51,52)/t44-,45+/m0/s1. The summed E-state index contributed by atoms with van der Waals surface area (Å²) in [6, 6.07) is -0.791. The Morgan fingerprint density at radius 1 is 0.564 bits per heavy atom. The minimum atomic E-state index is -4.55. The lowest BCUT2D eigenvalue weighted by atomic mass is 10.0. The molecule has 0 saturated heterocycles. The number of phosphoric acid groups is 1. The predicted molar refractivity (Wildman–Crippen MR) is 233 cm³/mol. The maximum atomic E-state index is 12.9. The SMILES string of the molecule is CCCCCCCCCCCCCCCCCCCCCCCCCCC(=O)N[C@@H](COP(=O)([O-])OCC[N+](C)(C)C)[C@H](O)CCCCCCCCCCC. The number of phosphoric ester groups is 1. The summed E-state index contributed by atoms with van der Waals surface area (Å²) in [5, 5.41) is 13.9. The highest BCUT2D eigenvalue weighted by Crippen LogP contribution is 2.38. The Bertz CT molecular complexity index is 870. The summed E-state index contributed by atoms with van der Waals surface area (Å²) in [4.78, 5) is 25.3. The van der Waals surface area contributed by atoms with Gasteiger partial charge in [-0.25, -0.2) is 0 Å². The van der Waals surface area contributed by atoms with Crippen molar-refractivity contribution in [2.45, 2.75) is 251 Å². The quantitative estimate of drug-likeness (QED) is 0.0361. The third-order valence-electron chi connectivity index (χ3n) is 11.1. The molecule has 330 valence electrons. The van der Waals surface area contributed by atoms with Gasteiger partial charge in [0.25, 0.3) is 7.82 Å². The van der Waals surface area contributed by atoms with Crippen LogP contribution in [0.1, 0.15) is 239 Å². The first-order valence-electron chi connectivity index (χ1n) is 23.9. The molecule has 1 amide bonds. The van der Waals surface area contributed by atoms with E-state index in [1.165, 1.54) is 173 Å². The zero-order valence-electron chi connectivity index (χ0n) is 37.4. The molecule has 0 aliphatic carbocycles. The number of nitrogens with one attached hydrogen (secondary N) is 1. The molecular formula is C46H95N2O6P. The molecule has 0 spiro atoms. The number of amides is 1. The number of hydrogen-bond donors (Lipinski definition) is 2. The summed E-state index contributed by atoms with van der Waals surface area (Å²) in [6.07, 6.45) is 42.7. The van der Waals surface area contributed by atoms with Gasteiger partial charge in [-0.3, -0.25) is 9.36 Å². The van der Waals surface area contributed by atoms with Gasteiger partial charge in [0.15, 0.2) is 0 Å². The molecular weight excluding hydrogens is 707 g/mol. The highest BCUT2D eigenvalue weighted by atomic mass is 31.2. The van der Waals surface area contributed by atoms with Gasteiger partial charge in [0, 0.05) is 6.42 Å². The molecule has 1 unspecified atom stereocenters. The van der Waals surface area contributed by atoms with Crippen LogP contribution in [0.2, 0.25) is 0 Å². The van der Waals surface area contributed by atoms with Crippen molar-refractivity contribution in [1.82, 2.24) is 5.32 Å². The average molecular weight is 803 g/mol. The Kier molecular flexibility index (Phi) is 38.6. The lowest BCUT2D eigenvalue weighted by Gasteiger charge is -2.30. The van der Waals surface area contributed by atoms with Gasteiger partial charge in [-0.1, -0.05) is 219 Å². The molecule has 0 aliphatic heterocycles. The number of aliphatic hydroxyl groups is 1. The molecule has 8 nitrogen and oxygen atoms in total. The van der Waals surface area contributed by atoms with Crippen LogP contribution < -0.4 is 10.2 Å². The number of nitrogens with zero attached hydrogens (tertiary/aromatic N) is 1. The van der Waals surface area contributed by atoms with E-state index in [1.807, 2.05) is 21.1 Å². The van der Waals surface area contributed by atoms with Gasteiger partial charge < -0.3 is 28.8 Å². The van der Waals surface area contributed by atoms with Crippen molar-refractivity contribution in [2.75, 3.05) is 40.9 Å². The normalized spacial score (nSPS) is 14.2. The highest BCUT2D eigenvalue weighted by molar-refractivity contribution is 7.45. The van der Waals surface area contributed by atoms with Crippen LogP contribution in [0.25, 0.3) is 0 Å². The number of carbonyl (C=O) groups excluding carboxylic acids is 1. The second-order valence-corrected chi connectivity index (χ2v) is 19.2. The minimum Gasteiger partial charge on any atom is -0.756 e. The van der Waals surface area contributed by atoms with E-state index in [9.17, 15) is 19.4 Å². The van der Waals surface area contributed by atoms with Gasteiger partial charge >= 0.3 is 0 Å². The van der Waals surface area contributed by atoms with E-state index in [-0.39, 0.29) is 19.1 Å². The zero-order chi connectivity index (χ0) is 40.7. The number of quaternary nitrogens is 1. The molecule has 0 fully saturated rings. The van der Waals surface area contributed by atoms with Gasteiger partial charge in [0.1, 0.15) is 13.2 Å². The molecule has 3 atom stereocenters. The van der Waals surface area contributed by atoms with Crippen LogP contribution in [0.15, 0.2) is 0 Å². The Morgan fingerprint density at radius 2 is 0.891 bits per heavy atom. The molecule has 0 rings (SSSR count). The fourth-order valence-electron chi connectivity index (χ4n) is 7.28. The number of unbranched alkanes of at least 4 members (excludes halogenated alkanes) is 31. The molecule has 0 aliphatic rings. The van der Waals surface area contributed by atoms with Crippen LogP contribution in [-0.4, -0.2) is 68.5 Å². The lowest BCUT2D eigenvalue weighted by Crippen LogP contribution is -2.46. The molecule has 0 heterocycles. The fraction of sp³-hybridized carbons (Fsp3) is 0.978. The largest absolute Gasteiger partial charge is 0.756 e. The van der Waals surface area contributed by atoms with Crippen LogP contribution in [0.3, 0.4) is 0 Å². The highest BCUT2D eigenvalue weighted by Gasteiger charge is 2.24. The minimum absolute atomic E-state index is 0.0157. The van der Waals surface area contributed by atoms with E-state index >= 15 is 0 Å². The summed E-state index contributed by atoms with van der Waals surface area (Å²) in [7, 11) is 1.32. The van der Waals surface area contributed by atoms with Crippen molar-refractivity contribution in [3.63, 3.8) is 0 Å². The topological polar surface area (TPSA) is 108 Å². The first kappa shape index (κ1) is 54.5. The second kappa shape index (κ2) is 39.0. The monoisotopic (exact) mass is 803 g/mol. The first-order chi connectivity index (χ1) is 26.5. The summed E-state index contributed by atoms with van der Waals surface area (Å²) >= 11 is 0. The Balaban J connectivity index is 4.06. The van der Waals surface area contributed by atoms with E-state index in [0.717, 1.165) is 38.5 Å². The number of rotatable bonds is 44. The Morgan fingerprint density at radius 3 is 1.24 bits per heavy atom. The van der Waals surface area contributed by atoms with Crippen LogP contribution in [0, 0.1) is 0 Å². The molecule has 0 saturated carbocycles.